The summed E-state index contributed by atoms with van der Waals surface area (Å²) in [6.45, 7) is 0. The second kappa shape index (κ2) is 6.47. The molecule has 0 unspecified atom stereocenters. The van der Waals surface area contributed by atoms with Crippen LogP contribution < -0.4 is 5.73 Å². The molecule has 0 amide bonds. The number of carbonyl (C=O) groups is 1. The lowest BCUT2D eigenvalue weighted by atomic mass is 10.2. The summed E-state index contributed by atoms with van der Waals surface area (Å²) in [4.78, 5) is 19.3. The third-order valence-electron chi connectivity index (χ3n) is 2.45. The highest BCUT2D eigenvalue weighted by Crippen LogP contribution is 2.11. The minimum absolute atomic E-state index is 0.0465. The maximum Gasteiger partial charge on any atom is 0.376 e. The summed E-state index contributed by atoms with van der Waals surface area (Å²) >= 11 is 2.24. The standard InChI is InChI=1S/C14H12IN3O2/c1-20-14(19)13-17-11(8-12(16)18-13)7-4-9-2-5-10(15)6-3-9/h2-8H,1H3,(H2,16,17,18). The molecule has 0 fully saturated rings. The van der Waals surface area contributed by atoms with Gasteiger partial charge in [0, 0.05) is 9.64 Å². The van der Waals surface area contributed by atoms with Crippen molar-refractivity contribution < 1.29 is 9.53 Å². The van der Waals surface area contributed by atoms with Crippen molar-refractivity contribution in [2.75, 3.05) is 12.8 Å². The maximum absolute atomic E-state index is 11.4. The molecule has 0 aliphatic carbocycles. The minimum atomic E-state index is -0.610. The summed E-state index contributed by atoms with van der Waals surface area (Å²) in [5.41, 5.74) is 7.23. The number of anilines is 1. The third-order valence-corrected chi connectivity index (χ3v) is 3.17. The number of hydrogen-bond acceptors (Lipinski definition) is 5. The Morgan fingerprint density at radius 2 is 1.95 bits per heavy atom. The average molecular weight is 381 g/mol. The molecule has 1 aromatic heterocycles. The molecule has 0 saturated heterocycles. The highest BCUT2D eigenvalue weighted by Gasteiger charge is 2.10. The molecule has 5 nitrogen and oxygen atoms in total. The molecule has 6 heteroatoms. The summed E-state index contributed by atoms with van der Waals surface area (Å²) in [5, 5.41) is 0. The number of ether oxygens (including phenoxy) is 1. The number of benzene rings is 1. The van der Waals surface area contributed by atoms with E-state index < -0.39 is 5.97 Å². The number of nitrogens with two attached hydrogens (primary N) is 1. The Labute approximate surface area is 130 Å². The summed E-state index contributed by atoms with van der Waals surface area (Å²) in [7, 11) is 1.27. The molecule has 102 valence electrons. The van der Waals surface area contributed by atoms with E-state index in [0.29, 0.717) is 5.69 Å². The number of nitrogen functional groups attached to an aromatic ring is 1. The molecule has 0 radical (unpaired) electrons. The van der Waals surface area contributed by atoms with Crippen LogP contribution >= 0.6 is 22.6 Å². The second-order valence-corrected chi connectivity index (χ2v) is 5.16. The summed E-state index contributed by atoms with van der Waals surface area (Å²) in [5.74, 6) is -0.432. The zero-order valence-electron chi connectivity index (χ0n) is 10.7. The number of halogens is 1. The van der Waals surface area contributed by atoms with Gasteiger partial charge in [-0.15, -0.1) is 0 Å². The van der Waals surface area contributed by atoms with Gasteiger partial charge >= 0.3 is 5.97 Å². The Hall–Kier alpha value is -1.96. The lowest BCUT2D eigenvalue weighted by Crippen LogP contribution is -2.09. The smallest absolute Gasteiger partial charge is 0.376 e. The van der Waals surface area contributed by atoms with E-state index in [1.807, 2.05) is 30.3 Å². The van der Waals surface area contributed by atoms with E-state index in [9.17, 15) is 4.79 Å². The number of rotatable bonds is 3. The average Bonchev–Trinajstić information content (AvgIpc) is 2.45. The Balaban J connectivity index is 2.26. The molecule has 0 aliphatic heterocycles. The van der Waals surface area contributed by atoms with Crippen LogP contribution in [0.4, 0.5) is 5.82 Å². The number of hydrogen-bond donors (Lipinski definition) is 1. The molecular formula is C14H12IN3O2. The molecule has 2 aromatic rings. The van der Waals surface area contributed by atoms with Gasteiger partial charge in [0.1, 0.15) is 5.82 Å². The van der Waals surface area contributed by atoms with Gasteiger partial charge in [0.15, 0.2) is 0 Å². The Morgan fingerprint density at radius 1 is 1.25 bits per heavy atom. The van der Waals surface area contributed by atoms with Crippen LogP contribution in [-0.4, -0.2) is 23.0 Å². The number of esters is 1. The van der Waals surface area contributed by atoms with Crippen molar-refractivity contribution >= 4 is 46.5 Å². The molecule has 0 bridgehead atoms. The molecule has 0 spiro atoms. The van der Waals surface area contributed by atoms with Gasteiger partial charge in [-0.1, -0.05) is 18.2 Å². The van der Waals surface area contributed by atoms with Gasteiger partial charge in [-0.2, -0.15) is 0 Å². The molecule has 0 aliphatic rings. The first-order valence-corrected chi connectivity index (χ1v) is 6.83. The molecule has 1 aromatic carbocycles. The predicted octanol–water partition coefficient (Wildman–Crippen LogP) is 2.62. The zero-order valence-corrected chi connectivity index (χ0v) is 12.9. The fourth-order valence-corrected chi connectivity index (χ4v) is 1.87. The van der Waals surface area contributed by atoms with Crippen LogP contribution in [0.15, 0.2) is 30.3 Å². The molecule has 1 heterocycles. The van der Waals surface area contributed by atoms with Crippen LogP contribution in [-0.2, 0) is 4.74 Å². The van der Waals surface area contributed by atoms with Gasteiger partial charge in [-0.3, -0.25) is 0 Å². The molecule has 0 saturated carbocycles. The topological polar surface area (TPSA) is 78.1 Å². The van der Waals surface area contributed by atoms with Crippen molar-refractivity contribution in [3.8, 4) is 0 Å². The summed E-state index contributed by atoms with van der Waals surface area (Å²) < 4.78 is 5.74. The molecule has 0 atom stereocenters. The largest absolute Gasteiger partial charge is 0.463 e. The number of nitrogens with zero attached hydrogens (tertiary/aromatic N) is 2. The van der Waals surface area contributed by atoms with E-state index in [1.165, 1.54) is 10.7 Å². The third kappa shape index (κ3) is 3.77. The van der Waals surface area contributed by atoms with Crippen LogP contribution in [0.25, 0.3) is 12.2 Å². The van der Waals surface area contributed by atoms with E-state index in [0.717, 1.165) is 5.56 Å². The van der Waals surface area contributed by atoms with Crippen LogP contribution in [0, 0.1) is 3.57 Å². The lowest BCUT2D eigenvalue weighted by molar-refractivity contribution is 0.0587. The van der Waals surface area contributed by atoms with E-state index in [2.05, 4.69) is 37.3 Å². The highest BCUT2D eigenvalue weighted by molar-refractivity contribution is 14.1. The fraction of sp³-hybridized carbons (Fsp3) is 0.0714. The Kier molecular flexibility index (Phi) is 4.67. The molecule has 2 N–H and O–H groups in total. The second-order valence-electron chi connectivity index (χ2n) is 3.92. The van der Waals surface area contributed by atoms with Crippen LogP contribution in [0.3, 0.4) is 0 Å². The van der Waals surface area contributed by atoms with Crippen LogP contribution in [0.1, 0.15) is 21.9 Å². The first kappa shape index (κ1) is 14.4. The normalized spacial score (nSPS) is 10.7. The van der Waals surface area contributed by atoms with E-state index >= 15 is 0 Å². The monoisotopic (exact) mass is 381 g/mol. The van der Waals surface area contributed by atoms with E-state index in [4.69, 9.17) is 5.73 Å². The van der Waals surface area contributed by atoms with Crippen molar-refractivity contribution in [1.82, 2.24) is 9.97 Å². The van der Waals surface area contributed by atoms with Crippen LogP contribution in [0.5, 0.6) is 0 Å². The quantitative estimate of drug-likeness (QED) is 0.653. The van der Waals surface area contributed by atoms with E-state index in [-0.39, 0.29) is 11.6 Å². The first-order chi connectivity index (χ1) is 9.58. The van der Waals surface area contributed by atoms with Gasteiger partial charge in [0.05, 0.1) is 12.8 Å². The van der Waals surface area contributed by atoms with Crippen molar-refractivity contribution in [3.05, 3.63) is 51.0 Å². The van der Waals surface area contributed by atoms with Crippen molar-refractivity contribution in [2.45, 2.75) is 0 Å². The van der Waals surface area contributed by atoms with E-state index in [1.54, 1.807) is 12.1 Å². The first-order valence-electron chi connectivity index (χ1n) is 5.75. The molecule has 2 rings (SSSR count). The van der Waals surface area contributed by atoms with Gasteiger partial charge in [0.2, 0.25) is 5.82 Å². The van der Waals surface area contributed by atoms with Gasteiger partial charge < -0.3 is 10.5 Å². The van der Waals surface area contributed by atoms with Gasteiger partial charge in [-0.05, 0) is 46.4 Å². The maximum atomic E-state index is 11.4. The fourth-order valence-electron chi connectivity index (χ4n) is 1.51. The SMILES string of the molecule is COC(=O)c1nc(N)cc(C=Cc2ccc(I)cc2)n1. The summed E-state index contributed by atoms with van der Waals surface area (Å²) in [6, 6.07) is 9.59. The van der Waals surface area contributed by atoms with Crippen molar-refractivity contribution in [2.24, 2.45) is 0 Å². The Morgan fingerprint density at radius 3 is 2.60 bits per heavy atom. The van der Waals surface area contributed by atoms with Crippen molar-refractivity contribution in [1.29, 1.82) is 0 Å². The number of methoxy groups -OCH3 is 1. The van der Waals surface area contributed by atoms with Crippen molar-refractivity contribution in [3.63, 3.8) is 0 Å². The van der Waals surface area contributed by atoms with Gasteiger partial charge in [0.25, 0.3) is 0 Å². The minimum Gasteiger partial charge on any atom is -0.463 e. The molecule has 20 heavy (non-hydrogen) atoms. The number of carbonyl (C=O) groups excluding carboxylic acids is 1. The number of aromatic nitrogens is 2. The van der Waals surface area contributed by atoms with Gasteiger partial charge in [-0.25, -0.2) is 14.8 Å². The summed E-state index contributed by atoms with van der Waals surface area (Å²) in [6.07, 6.45) is 3.66. The predicted molar refractivity (Wildman–Crippen MR) is 85.9 cm³/mol. The lowest BCUT2D eigenvalue weighted by Gasteiger charge is -2.01. The Bertz CT molecular complexity index is 654. The molecular weight excluding hydrogens is 369 g/mol. The zero-order chi connectivity index (χ0) is 14.5. The van der Waals surface area contributed by atoms with Crippen LogP contribution in [0.2, 0.25) is 0 Å². The highest BCUT2D eigenvalue weighted by atomic mass is 127.